The molecule has 3 rings (SSSR count). The Morgan fingerprint density at radius 2 is 1.32 bits per heavy atom. The summed E-state index contributed by atoms with van der Waals surface area (Å²) in [5.74, 6) is -4.83. The summed E-state index contributed by atoms with van der Waals surface area (Å²) in [6.45, 7) is 0. The summed E-state index contributed by atoms with van der Waals surface area (Å²) in [5, 5.41) is 26.4. The molecular weight excluding hydrogens is 538 g/mol. The molecule has 16 nitrogen and oxygen atoms in total. The maximum absolute atomic E-state index is 13.4. The fourth-order valence-electron chi connectivity index (χ4n) is 3.85. The second-order valence-corrected chi connectivity index (χ2v) is 9.23. The number of phenolic OH excluding ortho intramolecular Hbond substituents is 1. The monoisotopic (exact) mass is 569 g/mol. The van der Waals surface area contributed by atoms with E-state index in [-0.39, 0.29) is 25.0 Å². The van der Waals surface area contributed by atoms with Gasteiger partial charge >= 0.3 is 5.97 Å². The van der Waals surface area contributed by atoms with E-state index in [1.165, 1.54) is 49.3 Å². The first-order chi connectivity index (χ1) is 19.5. The van der Waals surface area contributed by atoms with E-state index < -0.39 is 60.2 Å². The number of rotatable bonds is 15. The number of aromatic hydroxyl groups is 1. The topological polar surface area (TPSA) is 271 Å². The number of benzene rings is 1. The van der Waals surface area contributed by atoms with Crippen molar-refractivity contribution < 1.29 is 34.2 Å². The molecule has 4 unspecified atom stereocenters. The number of carbonyl (C=O) groups is 5. The maximum Gasteiger partial charge on any atom is 0.326 e. The van der Waals surface area contributed by atoms with E-state index in [0.717, 1.165) is 0 Å². The van der Waals surface area contributed by atoms with Crippen molar-refractivity contribution in [1.82, 2.24) is 35.9 Å². The van der Waals surface area contributed by atoms with E-state index in [9.17, 15) is 34.2 Å². The first kappa shape index (κ1) is 30.3. The summed E-state index contributed by atoms with van der Waals surface area (Å²) < 4.78 is 0. The van der Waals surface area contributed by atoms with E-state index >= 15 is 0 Å². The van der Waals surface area contributed by atoms with Crippen LogP contribution in [-0.4, -0.2) is 83.9 Å². The number of aromatic amines is 2. The molecule has 4 amide bonds. The Labute approximate surface area is 233 Å². The molecule has 0 fully saturated rings. The Morgan fingerprint density at radius 1 is 0.780 bits per heavy atom. The largest absolute Gasteiger partial charge is 0.508 e. The van der Waals surface area contributed by atoms with Gasteiger partial charge in [-0.25, -0.2) is 14.8 Å². The Balaban J connectivity index is 1.76. The second kappa shape index (κ2) is 14.2. The van der Waals surface area contributed by atoms with E-state index in [1.54, 1.807) is 0 Å². The molecule has 0 bridgehead atoms. The molecule has 3 aromatic rings. The minimum atomic E-state index is -1.55. The van der Waals surface area contributed by atoms with Gasteiger partial charge in [-0.3, -0.25) is 19.2 Å². The molecule has 0 saturated carbocycles. The zero-order valence-corrected chi connectivity index (χ0v) is 21.7. The van der Waals surface area contributed by atoms with Crippen LogP contribution in [0.4, 0.5) is 0 Å². The number of carboxylic acid groups (broad SMARTS) is 1. The molecule has 218 valence electrons. The van der Waals surface area contributed by atoms with Crippen LogP contribution < -0.4 is 27.4 Å². The van der Waals surface area contributed by atoms with Crippen LogP contribution in [-0.2, 0) is 43.2 Å². The van der Waals surface area contributed by atoms with Crippen LogP contribution >= 0.6 is 0 Å². The lowest BCUT2D eigenvalue weighted by atomic mass is 10.0. The maximum atomic E-state index is 13.4. The molecule has 0 aliphatic heterocycles. The van der Waals surface area contributed by atoms with Crippen molar-refractivity contribution in [2.75, 3.05) is 0 Å². The lowest BCUT2D eigenvalue weighted by Crippen LogP contribution is -2.58. The highest BCUT2D eigenvalue weighted by Gasteiger charge is 2.31. The van der Waals surface area contributed by atoms with E-state index in [0.29, 0.717) is 17.0 Å². The van der Waals surface area contributed by atoms with Crippen LogP contribution in [0, 0.1) is 0 Å². The molecule has 4 atom stereocenters. The quantitative estimate of drug-likeness (QED) is 0.0936. The molecule has 41 heavy (non-hydrogen) atoms. The van der Waals surface area contributed by atoms with Crippen molar-refractivity contribution >= 4 is 29.6 Å². The van der Waals surface area contributed by atoms with Gasteiger partial charge in [0.15, 0.2) is 0 Å². The zero-order chi connectivity index (χ0) is 29.9. The van der Waals surface area contributed by atoms with Gasteiger partial charge in [0.2, 0.25) is 23.6 Å². The smallest absolute Gasteiger partial charge is 0.326 e. The van der Waals surface area contributed by atoms with Crippen molar-refractivity contribution in [1.29, 1.82) is 0 Å². The Kier molecular flexibility index (Phi) is 10.5. The van der Waals surface area contributed by atoms with Gasteiger partial charge in [-0.2, -0.15) is 0 Å². The van der Waals surface area contributed by atoms with Crippen LogP contribution in [0.15, 0.2) is 49.3 Å². The number of hydrogen-bond acceptors (Lipinski definition) is 9. The SMILES string of the molecule is NC(=O)CC(NC(=O)C(Cc1ccc(O)cc1)NC(=O)C(N)Cc1cnc[nH]1)C(=O)NC(Cc1cnc[nH]1)C(=O)O. The Hall–Kier alpha value is -5.25. The predicted molar refractivity (Wildman–Crippen MR) is 142 cm³/mol. The van der Waals surface area contributed by atoms with Gasteiger partial charge in [-0.15, -0.1) is 0 Å². The summed E-state index contributed by atoms with van der Waals surface area (Å²) in [7, 11) is 0. The molecule has 2 heterocycles. The molecule has 2 aromatic heterocycles. The third-order valence-corrected chi connectivity index (χ3v) is 5.97. The molecular formula is C25H31N9O7. The van der Waals surface area contributed by atoms with Gasteiger partial charge in [0.1, 0.15) is 23.9 Å². The second-order valence-electron chi connectivity index (χ2n) is 9.23. The van der Waals surface area contributed by atoms with Crippen LogP contribution in [0.3, 0.4) is 0 Å². The number of nitrogens with one attached hydrogen (secondary N) is 5. The third-order valence-electron chi connectivity index (χ3n) is 5.97. The van der Waals surface area contributed by atoms with Gasteiger partial charge < -0.3 is 47.6 Å². The van der Waals surface area contributed by atoms with Crippen molar-refractivity contribution in [2.45, 2.75) is 49.9 Å². The highest BCUT2D eigenvalue weighted by Crippen LogP contribution is 2.12. The Morgan fingerprint density at radius 3 is 1.85 bits per heavy atom. The van der Waals surface area contributed by atoms with E-state index in [4.69, 9.17) is 11.5 Å². The van der Waals surface area contributed by atoms with E-state index in [1.807, 2.05) is 0 Å². The number of nitrogens with zero attached hydrogens (tertiary/aromatic N) is 2. The number of nitrogens with two attached hydrogens (primary N) is 2. The summed E-state index contributed by atoms with van der Waals surface area (Å²) in [5.41, 5.74) is 12.9. The minimum absolute atomic E-state index is 0.0123. The zero-order valence-electron chi connectivity index (χ0n) is 21.7. The predicted octanol–water partition coefficient (Wildman–Crippen LogP) is -2.39. The standard InChI is InChI=1S/C25H31N9O7/c26-17(6-14-9-28-11-30-14)22(37)32-18(5-13-1-3-16(35)4-2-13)23(38)33-19(8-21(27)36)24(39)34-20(25(40)41)7-15-10-29-12-31-15/h1-4,9-12,17-20,35H,5-8,26H2,(H2,27,36)(H,28,30)(H,29,31)(H,32,37)(H,33,38)(H,34,39)(H,40,41). The van der Waals surface area contributed by atoms with Gasteiger partial charge in [-0.1, -0.05) is 12.1 Å². The lowest BCUT2D eigenvalue weighted by molar-refractivity contribution is -0.142. The van der Waals surface area contributed by atoms with Crippen molar-refractivity contribution in [2.24, 2.45) is 11.5 Å². The van der Waals surface area contributed by atoms with Gasteiger partial charge in [0, 0.05) is 43.0 Å². The molecule has 0 spiro atoms. The van der Waals surface area contributed by atoms with Gasteiger partial charge in [0.25, 0.3) is 0 Å². The fourth-order valence-corrected chi connectivity index (χ4v) is 3.85. The summed E-state index contributed by atoms with van der Waals surface area (Å²) in [4.78, 5) is 76.0. The van der Waals surface area contributed by atoms with Crippen LogP contribution in [0.2, 0.25) is 0 Å². The molecule has 0 aliphatic rings. The van der Waals surface area contributed by atoms with Crippen LogP contribution in [0.5, 0.6) is 5.75 Å². The third kappa shape index (κ3) is 9.47. The Bertz CT molecular complexity index is 1330. The van der Waals surface area contributed by atoms with Gasteiger partial charge in [-0.05, 0) is 17.7 Å². The number of H-pyrrole nitrogens is 2. The lowest BCUT2D eigenvalue weighted by Gasteiger charge is -2.25. The van der Waals surface area contributed by atoms with Crippen molar-refractivity contribution in [3.8, 4) is 5.75 Å². The molecule has 0 saturated heterocycles. The van der Waals surface area contributed by atoms with Crippen molar-refractivity contribution in [3.63, 3.8) is 0 Å². The first-order valence-electron chi connectivity index (χ1n) is 12.4. The molecule has 11 N–H and O–H groups in total. The van der Waals surface area contributed by atoms with Crippen LogP contribution in [0.1, 0.15) is 23.4 Å². The number of carboxylic acids is 1. The number of primary amides is 1. The normalized spacial score (nSPS) is 13.8. The number of aliphatic carboxylic acids is 1. The summed E-state index contributed by atoms with van der Waals surface area (Å²) in [6.07, 6.45) is 4.88. The fraction of sp³-hybridized carbons (Fsp3) is 0.320. The number of phenols is 1. The molecule has 1 aromatic carbocycles. The minimum Gasteiger partial charge on any atom is -0.508 e. The average molecular weight is 570 g/mol. The van der Waals surface area contributed by atoms with E-state index in [2.05, 4.69) is 35.9 Å². The van der Waals surface area contributed by atoms with Crippen molar-refractivity contribution in [3.05, 3.63) is 66.3 Å². The summed E-state index contributed by atoms with van der Waals surface area (Å²) in [6, 6.07) is 0.553. The van der Waals surface area contributed by atoms with Crippen LogP contribution in [0.25, 0.3) is 0 Å². The number of aromatic nitrogens is 4. The summed E-state index contributed by atoms with van der Waals surface area (Å²) >= 11 is 0. The van der Waals surface area contributed by atoms with Gasteiger partial charge in [0.05, 0.1) is 25.1 Å². The number of imidazole rings is 2. The number of amides is 4. The molecule has 0 aliphatic carbocycles. The molecule has 16 heteroatoms. The highest BCUT2D eigenvalue weighted by atomic mass is 16.4. The number of hydrogen-bond donors (Lipinski definition) is 9. The average Bonchev–Trinajstić information content (AvgIpc) is 3.63. The molecule has 0 radical (unpaired) electrons. The first-order valence-corrected chi connectivity index (χ1v) is 12.4. The number of carbonyl (C=O) groups excluding carboxylic acids is 4. The highest BCUT2D eigenvalue weighted by molar-refractivity contribution is 5.96.